The number of likely N-dealkylation sites (tertiary alicyclic amines) is 1. The van der Waals surface area contributed by atoms with Crippen LogP contribution in [0.1, 0.15) is 67.7 Å². The third-order valence-electron chi connectivity index (χ3n) is 4.95. The minimum Gasteiger partial charge on any atom is -0.303 e. The highest BCUT2D eigenvalue weighted by molar-refractivity contribution is 4.95. The summed E-state index contributed by atoms with van der Waals surface area (Å²) in [5, 5.41) is 0. The summed E-state index contributed by atoms with van der Waals surface area (Å²) in [5.74, 6) is 4.05. The fourth-order valence-corrected chi connectivity index (χ4v) is 3.85. The topological polar surface area (TPSA) is 3.24 Å². The van der Waals surface area contributed by atoms with Crippen molar-refractivity contribution in [2.75, 3.05) is 13.6 Å². The van der Waals surface area contributed by atoms with Gasteiger partial charge in [0, 0.05) is 12.6 Å². The lowest BCUT2D eigenvalue weighted by atomic mass is 9.78. The Balaban J connectivity index is 0.000000659. The maximum atomic E-state index is 2.57. The van der Waals surface area contributed by atoms with Gasteiger partial charge >= 0.3 is 0 Å². The van der Waals surface area contributed by atoms with Gasteiger partial charge in [0.05, 0.1) is 0 Å². The Labute approximate surface area is 116 Å². The summed E-state index contributed by atoms with van der Waals surface area (Å²) in [6, 6.07) is 0.814. The molecule has 2 fully saturated rings. The van der Waals surface area contributed by atoms with Gasteiger partial charge in [-0.1, -0.05) is 48.0 Å². The number of piperidine rings is 1. The molecule has 1 aliphatic carbocycles. The zero-order valence-electron chi connectivity index (χ0n) is 14.2. The van der Waals surface area contributed by atoms with Crippen molar-refractivity contribution in [2.24, 2.45) is 23.7 Å². The molecule has 110 valence electrons. The molecule has 0 N–H and O–H groups in total. The molecule has 1 heterocycles. The summed E-state index contributed by atoms with van der Waals surface area (Å²) >= 11 is 0. The quantitative estimate of drug-likeness (QED) is 0.633. The first-order chi connectivity index (χ1) is 8.63. The van der Waals surface area contributed by atoms with Crippen molar-refractivity contribution >= 4 is 0 Å². The molecule has 0 amide bonds. The van der Waals surface area contributed by atoms with Crippen LogP contribution in [-0.4, -0.2) is 24.5 Å². The van der Waals surface area contributed by atoms with Crippen molar-refractivity contribution in [3.05, 3.63) is 0 Å². The number of hydrogen-bond donors (Lipinski definition) is 0. The second-order valence-corrected chi connectivity index (χ2v) is 5.73. The fourth-order valence-electron chi connectivity index (χ4n) is 3.85. The van der Waals surface area contributed by atoms with E-state index >= 15 is 0 Å². The third-order valence-corrected chi connectivity index (χ3v) is 4.95. The van der Waals surface area contributed by atoms with Crippen LogP contribution in [0.4, 0.5) is 0 Å². The first-order valence-electron chi connectivity index (χ1n) is 8.33. The van der Waals surface area contributed by atoms with Crippen LogP contribution in [-0.2, 0) is 0 Å². The molecule has 0 radical (unpaired) electrons. The lowest BCUT2D eigenvalue weighted by Crippen LogP contribution is -2.44. The van der Waals surface area contributed by atoms with Gasteiger partial charge in [0.25, 0.3) is 0 Å². The van der Waals surface area contributed by atoms with E-state index in [0.717, 1.165) is 29.7 Å². The number of rotatable bonds is 1. The van der Waals surface area contributed by atoms with Crippen LogP contribution in [0.15, 0.2) is 0 Å². The van der Waals surface area contributed by atoms with E-state index < -0.39 is 0 Å². The van der Waals surface area contributed by atoms with Gasteiger partial charge in [0.2, 0.25) is 0 Å². The first kappa shape index (κ1) is 18.0. The molecule has 0 aromatic rings. The molecule has 2 aliphatic rings. The fraction of sp³-hybridized carbons (Fsp3) is 1.00. The van der Waals surface area contributed by atoms with Gasteiger partial charge in [-0.25, -0.2) is 0 Å². The van der Waals surface area contributed by atoms with Crippen molar-refractivity contribution in [1.82, 2.24) is 4.90 Å². The summed E-state index contributed by atoms with van der Waals surface area (Å²) in [6.45, 7) is 16.6. The number of fused-ring (bicyclic) bond motifs is 1. The standard InChI is InChI=1S/C13H25N.2C2H6/c1-5-11-6-9(2)12-7-10(3)14(4)8-13(11)12;2*1-2/h9-13H,5-8H2,1-4H3;2*1-2H3. The van der Waals surface area contributed by atoms with Gasteiger partial charge in [-0.05, 0) is 50.5 Å². The zero-order valence-corrected chi connectivity index (χ0v) is 14.2. The highest BCUT2D eigenvalue weighted by Gasteiger charge is 2.44. The van der Waals surface area contributed by atoms with Crippen LogP contribution in [0.5, 0.6) is 0 Å². The van der Waals surface area contributed by atoms with Gasteiger partial charge < -0.3 is 4.90 Å². The largest absolute Gasteiger partial charge is 0.303 e. The van der Waals surface area contributed by atoms with E-state index in [2.05, 4.69) is 32.7 Å². The van der Waals surface area contributed by atoms with Crippen molar-refractivity contribution in [2.45, 2.75) is 73.8 Å². The Morgan fingerprint density at radius 3 is 2.00 bits per heavy atom. The van der Waals surface area contributed by atoms with Gasteiger partial charge in [-0.3, -0.25) is 0 Å². The van der Waals surface area contributed by atoms with Crippen LogP contribution in [0.2, 0.25) is 0 Å². The predicted octanol–water partition coefficient (Wildman–Crippen LogP) is 5.06. The lowest BCUT2D eigenvalue weighted by Gasteiger charge is -2.40. The molecule has 1 saturated carbocycles. The zero-order chi connectivity index (χ0) is 14.3. The molecule has 0 bridgehead atoms. The molecule has 1 nitrogen and oxygen atoms in total. The summed E-state index contributed by atoms with van der Waals surface area (Å²) in [7, 11) is 2.30. The highest BCUT2D eigenvalue weighted by Crippen LogP contribution is 2.48. The SMILES string of the molecule is CC.CC.CCC1CC(C)C2CC(C)N(C)CC12. The normalized spacial score (nSPS) is 39.0. The number of nitrogens with zero attached hydrogens (tertiary/aromatic N) is 1. The summed E-state index contributed by atoms with van der Waals surface area (Å²) in [5.41, 5.74) is 0. The Morgan fingerprint density at radius 1 is 0.944 bits per heavy atom. The summed E-state index contributed by atoms with van der Waals surface area (Å²) in [6.07, 6.45) is 4.33. The van der Waals surface area contributed by atoms with Crippen LogP contribution >= 0.6 is 0 Å². The molecule has 1 aliphatic heterocycles. The monoisotopic (exact) mass is 255 g/mol. The van der Waals surface area contributed by atoms with E-state index in [4.69, 9.17) is 0 Å². The summed E-state index contributed by atoms with van der Waals surface area (Å²) in [4.78, 5) is 2.57. The first-order valence-corrected chi connectivity index (χ1v) is 8.33. The van der Waals surface area contributed by atoms with Crippen LogP contribution in [0.3, 0.4) is 0 Å². The second-order valence-electron chi connectivity index (χ2n) is 5.73. The van der Waals surface area contributed by atoms with E-state index in [1.54, 1.807) is 0 Å². The van der Waals surface area contributed by atoms with E-state index in [0.29, 0.717) is 0 Å². The smallest absolute Gasteiger partial charge is 0.00668 e. The molecule has 1 saturated heterocycles. The highest BCUT2D eigenvalue weighted by atomic mass is 15.1. The molecule has 0 aromatic heterocycles. The summed E-state index contributed by atoms with van der Waals surface area (Å²) < 4.78 is 0. The van der Waals surface area contributed by atoms with E-state index in [1.165, 1.54) is 25.8 Å². The Kier molecular flexibility index (Phi) is 8.94. The van der Waals surface area contributed by atoms with Crippen molar-refractivity contribution < 1.29 is 0 Å². The van der Waals surface area contributed by atoms with Gasteiger partial charge in [0.1, 0.15) is 0 Å². The Hall–Kier alpha value is -0.0400. The Morgan fingerprint density at radius 2 is 1.50 bits per heavy atom. The van der Waals surface area contributed by atoms with Gasteiger partial charge in [-0.2, -0.15) is 0 Å². The van der Waals surface area contributed by atoms with Gasteiger partial charge in [-0.15, -0.1) is 0 Å². The maximum Gasteiger partial charge on any atom is 0.00668 e. The third kappa shape index (κ3) is 3.98. The minimum atomic E-state index is 0.814. The van der Waals surface area contributed by atoms with Crippen LogP contribution in [0.25, 0.3) is 0 Å². The second kappa shape index (κ2) is 8.96. The molecule has 5 atom stereocenters. The van der Waals surface area contributed by atoms with E-state index in [9.17, 15) is 0 Å². The predicted molar refractivity (Wildman–Crippen MR) is 83.9 cm³/mol. The van der Waals surface area contributed by atoms with Crippen LogP contribution < -0.4 is 0 Å². The molecular formula is C17H37N. The molecule has 5 unspecified atom stereocenters. The van der Waals surface area contributed by atoms with Crippen molar-refractivity contribution in [3.63, 3.8) is 0 Å². The van der Waals surface area contributed by atoms with Gasteiger partial charge in [0.15, 0.2) is 0 Å². The van der Waals surface area contributed by atoms with Crippen molar-refractivity contribution in [1.29, 1.82) is 0 Å². The van der Waals surface area contributed by atoms with Crippen LogP contribution in [0, 0.1) is 23.7 Å². The average Bonchev–Trinajstić information content (AvgIpc) is 2.72. The maximum absolute atomic E-state index is 2.57. The van der Waals surface area contributed by atoms with Crippen molar-refractivity contribution in [3.8, 4) is 0 Å². The average molecular weight is 255 g/mol. The molecule has 1 heteroatoms. The molecule has 18 heavy (non-hydrogen) atoms. The molecular weight excluding hydrogens is 218 g/mol. The Bertz CT molecular complexity index is 202. The lowest BCUT2D eigenvalue weighted by molar-refractivity contribution is 0.0800. The minimum absolute atomic E-state index is 0.814. The molecule has 0 spiro atoms. The van der Waals surface area contributed by atoms with E-state index in [-0.39, 0.29) is 0 Å². The molecule has 2 rings (SSSR count). The number of hydrogen-bond acceptors (Lipinski definition) is 1. The van der Waals surface area contributed by atoms with E-state index in [1.807, 2.05) is 27.7 Å². The molecule has 0 aromatic carbocycles.